The van der Waals surface area contributed by atoms with E-state index in [-0.39, 0.29) is 11.5 Å². The van der Waals surface area contributed by atoms with Gasteiger partial charge in [-0.2, -0.15) is 0 Å². The summed E-state index contributed by atoms with van der Waals surface area (Å²) in [5, 5.41) is 0. The summed E-state index contributed by atoms with van der Waals surface area (Å²) in [5.41, 5.74) is 20.7. The van der Waals surface area contributed by atoms with Crippen molar-refractivity contribution in [1.29, 1.82) is 0 Å². The maximum absolute atomic E-state index is 6.27. The zero-order valence-corrected chi connectivity index (χ0v) is 24.4. The van der Waals surface area contributed by atoms with Crippen LogP contribution in [-0.4, -0.2) is 45.0 Å². The lowest BCUT2D eigenvalue weighted by molar-refractivity contribution is 0.307. The summed E-state index contributed by atoms with van der Waals surface area (Å²) in [6, 6.07) is 8.76. The Balaban J connectivity index is 1.23. The molecule has 39 heavy (non-hydrogen) atoms. The number of aromatic nitrogens is 3. The van der Waals surface area contributed by atoms with Gasteiger partial charge in [0.05, 0.1) is 17.2 Å². The molecule has 1 aliphatic carbocycles. The van der Waals surface area contributed by atoms with Crippen LogP contribution in [0, 0.1) is 5.41 Å². The molecule has 0 radical (unpaired) electrons. The molecule has 4 N–H and O–H groups in total. The normalized spacial score (nSPS) is 18.6. The van der Waals surface area contributed by atoms with Gasteiger partial charge in [0.1, 0.15) is 17.9 Å². The Bertz CT molecular complexity index is 1370. The predicted octanol–water partition coefficient (Wildman–Crippen LogP) is 5.72. The average Bonchev–Trinajstić information content (AvgIpc) is 3.33. The lowest BCUT2D eigenvalue weighted by atomic mass is 9.74. The topological polar surface area (TPSA) is 103 Å². The number of aryl methyl sites for hydroxylation is 2. The molecule has 3 heterocycles. The highest BCUT2D eigenvalue weighted by atomic mass is 32.2. The van der Waals surface area contributed by atoms with Crippen molar-refractivity contribution in [2.24, 2.45) is 11.1 Å². The molecule has 5 rings (SSSR count). The van der Waals surface area contributed by atoms with Crippen molar-refractivity contribution in [2.45, 2.75) is 70.7 Å². The van der Waals surface area contributed by atoms with Crippen molar-refractivity contribution in [3.8, 4) is 16.9 Å². The molecule has 0 amide bonds. The molecular weight excluding hydrogens is 504 g/mol. The van der Waals surface area contributed by atoms with Crippen molar-refractivity contribution < 1.29 is 4.74 Å². The Labute approximate surface area is 236 Å². The highest BCUT2D eigenvalue weighted by Crippen LogP contribution is 2.38. The summed E-state index contributed by atoms with van der Waals surface area (Å²) in [6.45, 7) is 11.4. The molecule has 0 bridgehead atoms. The number of nitrogen functional groups attached to an aromatic ring is 1. The molecule has 2 aromatic heterocycles. The highest BCUT2D eigenvalue weighted by molar-refractivity contribution is 7.97. The molecule has 1 unspecified atom stereocenters. The van der Waals surface area contributed by atoms with E-state index < -0.39 is 0 Å². The zero-order chi connectivity index (χ0) is 27.6. The lowest BCUT2D eigenvalue weighted by Crippen LogP contribution is -2.23. The van der Waals surface area contributed by atoms with E-state index in [1.807, 2.05) is 6.20 Å². The number of nitrogens with zero attached hydrogens (tertiary/aromatic N) is 4. The number of hydrogen-bond donors (Lipinski definition) is 2. The fraction of sp³-hybridized carbons (Fsp3) is 0.452. The zero-order valence-electron chi connectivity index (χ0n) is 23.5. The molecule has 1 aromatic carbocycles. The van der Waals surface area contributed by atoms with Crippen LogP contribution in [0.15, 0.2) is 47.3 Å². The number of benzene rings is 1. The molecule has 8 heteroatoms. The van der Waals surface area contributed by atoms with E-state index in [4.69, 9.17) is 16.2 Å². The molecule has 1 atom stereocenters. The van der Waals surface area contributed by atoms with Crippen LogP contribution in [0.3, 0.4) is 0 Å². The quantitative estimate of drug-likeness (QED) is 0.260. The van der Waals surface area contributed by atoms with Gasteiger partial charge in [0.2, 0.25) is 0 Å². The number of ether oxygens (including phenoxy) is 1. The summed E-state index contributed by atoms with van der Waals surface area (Å²) in [4.78, 5) is 14.6. The van der Waals surface area contributed by atoms with E-state index in [0.29, 0.717) is 12.4 Å². The Morgan fingerprint density at radius 1 is 1.15 bits per heavy atom. The van der Waals surface area contributed by atoms with E-state index in [0.717, 1.165) is 78.4 Å². The van der Waals surface area contributed by atoms with E-state index in [9.17, 15) is 0 Å². The molecule has 206 valence electrons. The molecule has 1 saturated heterocycles. The van der Waals surface area contributed by atoms with Gasteiger partial charge in [0, 0.05) is 42.1 Å². The van der Waals surface area contributed by atoms with Gasteiger partial charge in [-0.25, -0.2) is 19.3 Å². The van der Waals surface area contributed by atoms with Crippen LogP contribution in [-0.2, 0) is 19.3 Å². The number of rotatable bonds is 9. The van der Waals surface area contributed by atoms with Crippen molar-refractivity contribution in [1.82, 2.24) is 19.3 Å². The second-order valence-electron chi connectivity index (χ2n) is 11.3. The number of allylic oxidation sites excluding steroid dienone is 1. The van der Waals surface area contributed by atoms with Gasteiger partial charge >= 0.3 is 0 Å². The van der Waals surface area contributed by atoms with Gasteiger partial charge < -0.3 is 16.2 Å². The minimum atomic E-state index is 0.141. The third-order valence-corrected chi connectivity index (χ3v) is 9.11. The van der Waals surface area contributed by atoms with Gasteiger partial charge in [0.25, 0.3) is 0 Å². The van der Waals surface area contributed by atoms with Crippen molar-refractivity contribution in [2.75, 3.05) is 25.4 Å². The maximum atomic E-state index is 6.27. The maximum Gasteiger partial charge on any atom is 0.138 e. The minimum Gasteiger partial charge on any atom is -0.493 e. The van der Waals surface area contributed by atoms with Crippen LogP contribution in [0.1, 0.15) is 63.1 Å². The minimum absolute atomic E-state index is 0.141. The second-order valence-corrected chi connectivity index (χ2v) is 12.5. The van der Waals surface area contributed by atoms with Crippen molar-refractivity contribution >= 4 is 23.8 Å². The van der Waals surface area contributed by atoms with Crippen LogP contribution in [0.2, 0.25) is 0 Å². The van der Waals surface area contributed by atoms with Crippen LogP contribution in [0.25, 0.3) is 17.2 Å². The molecule has 3 aromatic rings. The van der Waals surface area contributed by atoms with Gasteiger partial charge in [-0.05, 0) is 91.8 Å². The standard InChI is InChI=1S/C31H40N6OS/c1-5-21-14-22(23-15-29(30(33)34-17-23)39-37-11-10-24(32)18-37)8-9-28(21)38-12-6-7-26-25-16-31(3,4)20(2)13-27(25)36-19-35-26/h8-9,13-15,17,19,24H,5-7,10-12,16,18,32H2,1-4H3,(H2,33,34). The lowest BCUT2D eigenvalue weighted by Gasteiger charge is -2.31. The number of hydrogen-bond acceptors (Lipinski definition) is 8. The predicted molar refractivity (Wildman–Crippen MR) is 160 cm³/mol. The monoisotopic (exact) mass is 544 g/mol. The van der Waals surface area contributed by atoms with E-state index in [1.165, 1.54) is 16.7 Å². The van der Waals surface area contributed by atoms with Gasteiger partial charge in [0.15, 0.2) is 0 Å². The molecule has 1 fully saturated rings. The van der Waals surface area contributed by atoms with Crippen LogP contribution in [0.5, 0.6) is 5.75 Å². The smallest absolute Gasteiger partial charge is 0.138 e. The number of fused-ring (bicyclic) bond motifs is 1. The van der Waals surface area contributed by atoms with Crippen LogP contribution < -0.4 is 16.2 Å². The van der Waals surface area contributed by atoms with E-state index >= 15 is 0 Å². The number of anilines is 1. The average molecular weight is 545 g/mol. The van der Waals surface area contributed by atoms with Crippen molar-refractivity contribution in [3.05, 3.63) is 64.9 Å². The first-order valence-electron chi connectivity index (χ1n) is 13.9. The first kappa shape index (κ1) is 27.6. The van der Waals surface area contributed by atoms with E-state index in [2.05, 4.69) is 77.3 Å². The fourth-order valence-corrected chi connectivity index (χ4v) is 6.31. The van der Waals surface area contributed by atoms with Gasteiger partial charge in [-0.1, -0.05) is 32.4 Å². The molecular formula is C31H40N6OS. The number of pyridine rings is 1. The van der Waals surface area contributed by atoms with E-state index in [1.54, 1.807) is 18.3 Å². The number of nitrogens with two attached hydrogens (primary N) is 2. The fourth-order valence-electron chi connectivity index (χ4n) is 5.24. The Kier molecular flexibility index (Phi) is 8.26. The third-order valence-electron chi connectivity index (χ3n) is 7.99. The summed E-state index contributed by atoms with van der Waals surface area (Å²) >= 11 is 1.65. The molecule has 2 aliphatic rings. The SMILES string of the molecule is CCc1cc(-c2cnc(N)c(SN3CCC(N)C3)c2)ccc1OCCCc1ncnc2c1CC(C)(C)C(C)=C2. The van der Waals surface area contributed by atoms with Crippen LogP contribution >= 0.6 is 11.9 Å². The Hall–Kier alpha value is -2.94. The summed E-state index contributed by atoms with van der Waals surface area (Å²) in [5.74, 6) is 1.49. The second kappa shape index (κ2) is 11.7. The van der Waals surface area contributed by atoms with Crippen molar-refractivity contribution in [3.63, 3.8) is 0 Å². The third kappa shape index (κ3) is 6.29. The Morgan fingerprint density at radius 2 is 2.00 bits per heavy atom. The molecule has 1 aliphatic heterocycles. The Morgan fingerprint density at radius 3 is 2.77 bits per heavy atom. The summed E-state index contributed by atoms with van der Waals surface area (Å²) < 4.78 is 8.54. The highest BCUT2D eigenvalue weighted by Gasteiger charge is 2.28. The van der Waals surface area contributed by atoms with Crippen LogP contribution in [0.4, 0.5) is 5.82 Å². The largest absolute Gasteiger partial charge is 0.493 e. The first-order chi connectivity index (χ1) is 18.7. The summed E-state index contributed by atoms with van der Waals surface area (Å²) in [6.07, 6.45) is 10.4. The molecule has 7 nitrogen and oxygen atoms in total. The van der Waals surface area contributed by atoms with Gasteiger partial charge in [-0.15, -0.1) is 0 Å². The molecule has 0 spiro atoms. The molecule has 0 saturated carbocycles. The van der Waals surface area contributed by atoms with Gasteiger partial charge in [-0.3, -0.25) is 0 Å². The summed E-state index contributed by atoms with van der Waals surface area (Å²) in [7, 11) is 0. The first-order valence-corrected chi connectivity index (χ1v) is 14.7.